The molecule has 2 aromatic carbocycles. The quantitative estimate of drug-likeness (QED) is 0.719. The highest BCUT2D eigenvalue weighted by molar-refractivity contribution is 6.25. The molecule has 20 heavy (non-hydrogen) atoms. The van der Waals surface area contributed by atoms with E-state index in [0.29, 0.717) is 6.42 Å². The van der Waals surface area contributed by atoms with E-state index < -0.39 is 0 Å². The minimum absolute atomic E-state index is 0.0550. The number of benzene rings is 2. The van der Waals surface area contributed by atoms with E-state index in [1.165, 1.54) is 9.65 Å². The topological polar surface area (TPSA) is 37.5 Å². The molecule has 3 aromatic rings. The standard InChI is InChI=1S/C16H11ClN2O/c17-19-14-8-4-2-6-11(14)15(16(19)20)13-9-10-5-1-3-7-12(10)18-13/h1-8,20H,9H2. The number of nitrogens with zero attached hydrogens (tertiary/aromatic N) is 2. The molecule has 1 aliphatic heterocycles. The summed E-state index contributed by atoms with van der Waals surface area (Å²) in [4.78, 5) is 4.63. The van der Waals surface area contributed by atoms with Gasteiger partial charge in [-0.1, -0.05) is 36.4 Å². The number of aromatic hydroxyl groups is 1. The molecule has 0 aliphatic carbocycles. The largest absolute Gasteiger partial charge is 0.493 e. The molecule has 1 N–H and O–H groups in total. The first-order valence-corrected chi connectivity index (χ1v) is 6.74. The monoisotopic (exact) mass is 282 g/mol. The molecule has 0 fully saturated rings. The van der Waals surface area contributed by atoms with Crippen molar-refractivity contribution in [3.63, 3.8) is 0 Å². The van der Waals surface area contributed by atoms with Gasteiger partial charge in [-0.25, -0.2) is 4.09 Å². The smallest absolute Gasteiger partial charge is 0.216 e. The van der Waals surface area contributed by atoms with Crippen LogP contribution in [0.2, 0.25) is 0 Å². The van der Waals surface area contributed by atoms with Crippen LogP contribution in [0.3, 0.4) is 0 Å². The summed E-state index contributed by atoms with van der Waals surface area (Å²) in [5.41, 5.74) is 4.52. The minimum atomic E-state index is 0.0550. The predicted octanol–water partition coefficient (Wildman–Crippen LogP) is 4.03. The van der Waals surface area contributed by atoms with Crippen molar-refractivity contribution in [3.05, 3.63) is 59.7 Å². The number of aliphatic imine (C=N–C) groups is 1. The Labute approximate surface area is 120 Å². The first-order valence-electron chi connectivity index (χ1n) is 6.40. The number of para-hydroxylation sites is 2. The Kier molecular flexibility index (Phi) is 2.38. The molecule has 1 aliphatic rings. The molecule has 0 unspecified atom stereocenters. The van der Waals surface area contributed by atoms with Gasteiger partial charge in [0.1, 0.15) is 0 Å². The van der Waals surface area contributed by atoms with Crippen LogP contribution in [-0.2, 0) is 6.42 Å². The summed E-state index contributed by atoms with van der Waals surface area (Å²) in [6, 6.07) is 15.7. The second kappa shape index (κ2) is 4.12. The number of fused-ring (bicyclic) bond motifs is 2. The predicted molar refractivity (Wildman–Crippen MR) is 81.2 cm³/mol. The van der Waals surface area contributed by atoms with E-state index >= 15 is 0 Å². The van der Waals surface area contributed by atoms with Gasteiger partial charge < -0.3 is 5.11 Å². The highest BCUT2D eigenvalue weighted by Gasteiger charge is 2.24. The highest BCUT2D eigenvalue weighted by atomic mass is 35.5. The van der Waals surface area contributed by atoms with E-state index in [2.05, 4.69) is 11.1 Å². The van der Waals surface area contributed by atoms with Crippen molar-refractivity contribution in [3.8, 4) is 5.88 Å². The van der Waals surface area contributed by atoms with Crippen LogP contribution in [0.5, 0.6) is 5.88 Å². The Balaban J connectivity index is 1.96. The Hall–Kier alpha value is -2.26. The number of aromatic nitrogens is 1. The van der Waals surface area contributed by atoms with Crippen LogP contribution in [0.25, 0.3) is 10.9 Å². The zero-order valence-electron chi connectivity index (χ0n) is 10.5. The Bertz CT molecular complexity index is 864. The van der Waals surface area contributed by atoms with Gasteiger partial charge in [0, 0.05) is 23.6 Å². The van der Waals surface area contributed by atoms with Crippen LogP contribution >= 0.6 is 11.8 Å². The number of hydrogen-bond acceptors (Lipinski definition) is 2. The fraction of sp³-hybridized carbons (Fsp3) is 0.0625. The fourth-order valence-electron chi connectivity index (χ4n) is 2.75. The van der Waals surface area contributed by atoms with E-state index in [9.17, 15) is 5.11 Å². The third-order valence-corrected chi connectivity index (χ3v) is 4.03. The molecule has 0 saturated heterocycles. The van der Waals surface area contributed by atoms with Gasteiger partial charge in [-0.15, -0.1) is 0 Å². The van der Waals surface area contributed by atoms with Crippen molar-refractivity contribution < 1.29 is 5.11 Å². The van der Waals surface area contributed by atoms with Crippen LogP contribution in [0, 0.1) is 0 Å². The normalized spacial score (nSPS) is 13.6. The third-order valence-electron chi connectivity index (χ3n) is 3.69. The maximum atomic E-state index is 10.3. The molecule has 0 atom stereocenters. The molecule has 0 spiro atoms. The van der Waals surface area contributed by atoms with E-state index in [-0.39, 0.29) is 5.88 Å². The maximum Gasteiger partial charge on any atom is 0.216 e. The zero-order chi connectivity index (χ0) is 13.7. The molecule has 4 rings (SSSR count). The van der Waals surface area contributed by atoms with E-state index in [1.807, 2.05) is 42.5 Å². The van der Waals surface area contributed by atoms with Crippen LogP contribution in [0.15, 0.2) is 53.5 Å². The lowest BCUT2D eigenvalue weighted by atomic mass is 10.0. The number of hydrogen-bond donors (Lipinski definition) is 1. The minimum Gasteiger partial charge on any atom is -0.493 e. The fourth-order valence-corrected chi connectivity index (χ4v) is 2.98. The van der Waals surface area contributed by atoms with Gasteiger partial charge in [0.2, 0.25) is 5.88 Å². The van der Waals surface area contributed by atoms with Crippen molar-refractivity contribution in [2.45, 2.75) is 6.42 Å². The van der Waals surface area contributed by atoms with Gasteiger partial charge in [0.25, 0.3) is 0 Å². The van der Waals surface area contributed by atoms with Crippen LogP contribution in [0.4, 0.5) is 5.69 Å². The van der Waals surface area contributed by atoms with Crippen LogP contribution in [-0.4, -0.2) is 14.9 Å². The third kappa shape index (κ3) is 1.50. The highest BCUT2D eigenvalue weighted by Crippen LogP contribution is 2.37. The molecule has 0 amide bonds. The van der Waals surface area contributed by atoms with Gasteiger partial charge in [0.15, 0.2) is 0 Å². The van der Waals surface area contributed by atoms with Crippen LogP contribution < -0.4 is 0 Å². The summed E-state index contributed by atoms with van der Waals surface area (Å²) < 4.78 is 1.29. The molecule has 1 aromatic heterocycles. The lowest BCUT2D eigenvalue weighted by Crippen LogP contribution is -1.99. The first-order chi connectivity index (χ1) is 9.75. The molecule has 4 heteroatoms. The molecule has 0 bridgehead atoms. The summed E-state index contributed by atoms with van der Waals surface area (Å²) in [5.74, 6) is 0.0550. The van der Waals surface area contributed by atoms with Crippen molar-refractivity contribution >= 4 is 34.1 Å². The van der Waals surface area contributed by atoms with Gasteiger partial charge in [-0.2, -0.15) is 0 Å². The number of rotatable bonds is 1. The van der Waals surface area contributed by atoms with Crippen LogP contribution in [0.1, 0.15) is 11.1 Å². The molecule has 0 radical (unpaired) electrons. The summed E-state index contributed by atoms with van der Waals surface area (Å²) in [7, 11) is 0. The van der Waals surface area contributed by atoms with Crippen molar-refractivity contribution in [2.24, 2.45) is 4.99 Å². The second-order valence-electron chi connectivity index (χ2n) is 4.86. The molecule has 3 nitrogen and oxygen atoms in total. The molecular formula is C16H11ClN2O. The molecule has 2 heterocycles. The van der Waals surface area contributed by atoms with Crippen molar-refractivity contribution in [1.82, 2.24) is 4.09 Å². The Morgan fingerprint density at radius 3 is 2.65 bits per heavy atom. The average molecular weight is 283 g/mol. The van der Waals surface area contributed by atoms with E-state index in [4.69, 9.17) is 11.8 Å². The van der Waals surface area contributed by atoms with E-state index in [0.717, 1.165) is 27.9 Å². The summed E-state index contributed by atoms with van der Waals surface area (Å²) >= 11 is 6.15. The summed E-state index contributed by atoms with van der Waals surface area (Å²) in [6.45, 7) is 0. The number of halogens is 1. The Morgan fingerprint density at radius 1 is 1.05 bits per heavy atom. The SMILES string of the molecule is Oc1c(C2=Nc3ccccc3C2)c2ccccc2n1Cl. The van der Waals surface area contributed by atoms with Gasteiger partial charge in [-0.3, -0.25) is 4.99 Å². The van der Waals surface area contributed by atoms with Gasteiger partial charge >= 0.3 is 0 Å². The van der Waals surface area contributed by atoms with Gasteiger partial charge in [-0.05, 0) is 17.7 Å². The molecule has 98 valence electrons. The van der Waals surface area contributed by atoms with Crippen molar-refractivity contribution in [1.29, 1.82) is 0 Å². The van der Waals surface area contributed by atoms with Crippen molar-refractivity contribution in [2.75, 3.05) is 0 Å². The maximum absolute atomic E-state index is 10.3. The summed E-state index contributed by atoms with van der Waals surface area (Å²) in [5, 5.41) is 11.2. The lowest BCUT2D eigenvalue weighted by Gasteiger charge is -1.99. The van der Waals surface area contributed by atoms with E-state index in [1.54, 1.807) is 0 Å². The first kappa shape index (κ1) is 11.6. The average Bonchev–Trinajstić information content (AvgIpc) is 3.00. The summed E-state index contributed by atoms with van der Waals surface area (Å²) in [6.07, 6.45) is 0.717. The molecule has 0 saturated carbocycles. The molecular weight excluding hydrogens is 272 g/mol. The zero-order valence-corrected chi connectivity index (χ0v) is 11.3. The van der Waals surface area contributed by atoms with Gasteiger partial charge in [0.05, 0.1) is 22.5 Å². The Morgan fingerprint density at radius 2 is 1.80 bits per heavy atom. The lowest BCUT2D eigenvalue weighted by molar-refractivity contribution is 0.451. The second-order valence-corrected chi connectivity index (χ2v) is 5.20.